The van der Waals surface area contributed by atoms with Crippen LogP contribution < -0.4 is 10.0 Å². The molecule has 0 aliphatic heterocycles. The molecule has 0 saturated heterocycles. The van der Waals surface area contributed by atoms with Gasteiger partial charge in [0, 0.05) is 17.9 Å². The fraction of sp³-hybridized carbons (Fsp3) is 0.200. The molecule has 0 aliphatic carbocycles. The summed E-state index contributed by atoms with van der Waals surface area (Å²) in [6.07, 6.45) is 0. The Balaban J connectivity index is 2.16. The summed E-state index contributed by atoms with van der Waals surface area (Å²) in [5.74, 6) is 0. The van der Waals surface area contributed by atoms with E-state index in [0.717, 1.165) is 17.8 Å². The van der Waals surface area contributed by atoms with Gasteiger partial charge < -0.3 is 10.4 Å². The van der Waals surface area contributed by atoms with Crippen LogP contribution in [0, 0.1) is 0 Å². The molecule has 0 aliphatic rings. The molecule has 0 spiro atoms. The lowest BCUT2D eigenvalue weighted by Crippen LogP contribution is -2.13. The molecule has 0 radical (unpaired) electrons. The predicted octanol–water partition coefficient (Wildman–Crippen LogP) is 2.41. The molecule has 0 unspecified atom stereocenters. The van der Waals surface area contributed by atoms with Crippen LogP contribution in [0.2, 0.25) is 0 Å². The van der Waals surface area contributed by atoms with Crippen LogP contribution in [0.25, 0.3) is 0 Å². The minimum Gasteiger partial charge on any atom is -0.392 e. The van der Waals surface area contributed by atoms with Crippen LogP contribution >= 0.6 is 0 Å². The average Bonchev–Trinajstić information content (AvgIpc) is 2.48. The Kier molecular flexibility index (Phi) is 4.82. The number of benzene rings is 2. The molecular formula is C15H18N2O3S. The van der Waals surface area contributed by atoms with Gasteiger partial charge >= 0.3 is 0 Å². The Morgan fingerprint density at radius 2 is 1.52 bits per heavy atom. The maximum Gasteiger partial charge on any atom is 0.261 e. The molecule has 5 nitrogen and oxygen atoms in total. The van der Waals surface area contributed by atoms with Crippen molar-refractivity contribution in [2.45, 2.75) is 18.4 Å². The molecule has 3 N–H and O–H groups in total. The van der Waals surface area contributed by atoms with Crippen molar-refractivity contribution < 1.29 is 13.5 Å². The first-order valence-corrected chi connectivity index (χ1v) is 8.10. The Hall–Kier alpha value is -2.05. The van der Waals surface area contributed by atoms with Gasteiger partial charge in [0.1, 0.15) is 0 Å². The van der Waals surface area contributed by atoms with Gasteiger partial charge in [0.2, 0.25) is 0 Å². The summed E-state index contributed by atoms with van der Waals surface area (Å²) in [6, 6.07) is 13.2. The Labute approximate surface area is 124 Å². The molecule has 21 heavy (non-hydrogen) atoms. The number of anilines is 2. The summed E-state index contributed by atoms with van der Waals surface area (Å²) in [7, 11) is -3.60. The lowest BCUT2D eigenvalue weighted by atomic mass is 10.2. The van der Waals surface area contributed by atoms with Gasteiger partial charge in [0.05, 0.1) is 11.5 Å². The van der Waals surface area contributed by atoms with E-state index in [0.29, 0.717) is 5.69 Å². The number of sulfonamides is 1. The fourth-order valence-corrected chi connectivity index (χ4v) is 2.91. The molecule has 112 valence electrons. The minimum atomic E-state index is -3.60. The summed E-state index contributed by atoms with van der Waals surface area (Å²) in [6.45, 7) is 2.68. The van der Waals surface area contributed by atoms with E-state index in [2.05, 4.69) is 10.0 Å². The quantitative estimate of drug-likeness (QED) is 0.766. The number of nitrogens with one attached hydrogen (secondary N) is 2. The molecule has 0 atom stereocenters. The largest absolute Gasteiger partial charge is 0.392 e. The van der Waals surface area contributed by atoms with Crippen molar-refractivity contribution in [3.05, 3.63) is 54.1 Å². The zero-order valence-electron chi connectivity index (χ0n) is 11.7. The normalized spacial score (nSPS) is 11.1. The standard InChI is InChI=1S/C15H18N2O3S/c1-2-16-13-7-9-15(10-8-13)21(19,20)17-14-5-3-12(11-18)4-6-14/h3-10,16-18H,2,11H2,1H3. The van der Waals surface area contributed by atoms with E-state index in [9.17, 15) is 8.42 Å². The molecule has 0 heterocycles. The van der Waals surface area contributed by atoms with E-state index >= 15 is 0 Å². The highest BCUT2D eigenvalue weighted by Gasteiger charge is 2.13. The van der Waals surface area contributed by atoms with Gasteiger partial charge in [0.25, 0.3) is 10.0 Å². The zero-order chi connectivity index (χ0) is 15.3. The highest BCUT2D eigenvalue weighted by atomic mass is 32.2. The minimum absolute atomic E-state index is 0.0705. The van der Waals surface area contributed by atoms with E-state index in [4.69, 9.17) is 5.11 Å². The van der Waals surface area contributed by atoms with Crippen LogP contribution in [0.5, 0.6) is 0 Å². The smallest absolute Gasteiger partial charge is 0.261 e. The fourth-order valence-electron chi connectivity index (χ4n) is 1.85. The van der Waals surface area contributed by atoms with Crippen molar-refractivity contribution in [3.8, 4) is 0 Å². The number of rotatable bonds is 6. The van der Waals surface area contributed by atoms with Crippen LogP contribution in [0.15, 0.2) is 53.4 Å². The number of hydrogen-bond acceptors (Lipinski definition) is 4. The van der Waals surface area contributed by atoms with Crippen LogP contribution in [-0.2, 0) is 16.6 Å². The molecule has 0 fully saturated rings. The van der Waals surface area contributed by atoms with Crippen molar-refractivity contribution in [2.75, 3.05) is 16.6 Å². The van der Waals surface area contributed by atoms with Gasteiger partial charge in [0.15, 0.2) is 0 Å². The Bertz CT molecular complexity index is 680. The molecule has 2 rings (SSSR count). The summed E-state index contributed by atoms with van der Waals surface area (Å²) in [5, 5.41) is 12.1. The van der Waals surface area contributed by atoms with Crippen molar-refractivity contribution in [1.82, 2.24) is 0 Å². The second-order valence-electron chi connectivity index (χ2n) is 4.52. The number of aliphatic hydroxyl groups excluding tert-OH is 1. The van der Waals surface area contributed by atoms with Crippen LogP contribution in [-0.4, -0.2) is 20.1 Å². The third-order valence-electron chi connectivity index (χ3n) is 2.93. The second-order valence-corrected chi connectivity index (χ2v) is 6.20. The molecule has 2 aromatic rings. The van der Waals surface area contributed by atoms with Gasteiger partial charge in [-0.05, 0) is 48.9 Å². The lowest BCUT2D eigenvalue weighted by molar-refractivity contribution is 0.282. The first-order chi connectivity index (χ1) is 10.0. The molecule has 0 bridgehead atoms. The average molecular weight is 306 g/mol. The molecule has 0 aromatic heterocycles. The lowest BCUT2D eigenvalue weighted by Gasteiger charge is -2.09. The third-order valence-corrected chi connectivity index (χ3v) is 4.33. The predicted molar refractivity (Wildman–Crippen MR) is 83.8 cm³/mol. The van der Waals surface area contributed by atoms with E-state index < -0.39 is 10.0 Å². The first-order valence-electron chi connectivity index (χ1n) is 6.61. The molecule has 0 saturated carbocycles. The summed E-state index contributed by atoms with van der Waals surface area (Å²) in [5.41, 5.74) is 2.07. The van der Waals surface area contributed by atoms with Crippen LogP contribution in [0.4, 0.5) is 11.4 Å². The molecular weight excluding hydrogens is 288 g/mol. The van der Waals surface area contributed by atoms with E-state index in [1.165, 1.54) is 0 Å². The van der Waals surface area contributed by atoms with Gasteiger partial charge in [-0.1, -0.05) is 12.1 Å². The highest BCUT2D eigenvalue weighted by molar-refractivity contribution is 7.92. The second kappa shape index (κ2) is 6.60. The summed E-state index contributed by atoms with van der Waals surface area (Å²) in [4.78, 5) is 0.204. The van der Waals surface area contributed by atoms with Gasteiger partial charge in [-0.25, -0.2) is 8.42 Å². The van der Waals surface area contributed by atoms with E-state index in [1.807, 2.05) is 6.92 Å². The van der Waals surface area contributed by atoms with Gasteiger partial charge in [-0.15, -0.1) is 0 Å². The molecule has 6 heteroatoms. The zero-order valence-corrected chi connectivity index (χ0v) is 12.5. The summed E-state index contributed by atoms with van der Waals surface area (Å²) < 4.78 is 27.0. The van der Waals surface area contributed by atoms with Gasteiger partial charge in [-0.3, -0.25) is 4.72 Å². The van der Waals surface area contributed by atoms with Crippen LogP contribution in [0.3, 0.4) is 0 Å². The van der Waals surface area contributed by atoms with Crippen molar-refractivity contribution in [2.24, 2.45) is 0 Å². The number of hydrogen-bond donors (Lipinski definition) is 3. The SMILES string of the molecule is CCNc1ccc(S(=O)(=O)Nc2ccc(CO)cc2)cc1. The van der Waals surface area contributed by atoms with Crippen LogP contribution in [0.1, 0.15) is 12.5 Å². The molecule has 2 aromatic carbocycles. The Morgan fingerprint density at radius 1 is 0.952 bits per heavy atom. The first kappa shape index (κ1) is 15.3. The van der Waals surface area contributed by atoms with E-state index in [1.54, 1.807) is 48.5 Å². The maximum atomic E-state index is 12.2. The molecule has 0 amide bonds. The number of aliphatic hydroxyl groups is 1. The van der Waals surface area contributed by atoms with Gasteiger partial charge in [-0.2, -0.15) is 0 Å². The van der Waals surface area contributed by atoms with Crippen molar-refractivity contribution in [1.29, 1.82) is 0 Å². The van der Waals surface area contributed by atoms with E-state index in [-0.39, 0.29) is 11.5 Å². The highest BCUT2D eigenvalue weighted by Crippen LogP contribution is 2.18. The Morgan fingerprint density at radius 3 is 2.05 bits per heavy atom. The maximum absolute atomic E-state index is 12.2. The third kappa shape index (κ3) is 3.96. The van der Waals surface area contributed by atoms with Crippen molar-refractivity contribution in [3.63, 3.8) is 0 Å². The summed E-state index contributed by atoms with van der Waals surface area (Å²) >= 11 is 0. The topological polar surface area (TPSA) is 78.4 Å². The van der Waals surface area contributed by atoms with Crippen molar-refractivity contribution >= 4 is 21.4 Å². The monoisotopic (exact) mass is 306 g/mol.